The van der Waals surface area contributed by atoms with E-state index in [9.17, 15) is 0 Å². The van der Waals surface area contributed by atoms with E-state index in [-0.39, 0.29) is 6.04 Å². The van der Waals surface area contributed by atoms with Crippen LogP contribution in [0.25, 0.3) is 5.69 Å². The lowest BCUT2D eigenvalue weighted by atomic mass is 10.2. The Labute approximate surface area is 144 Å². The van der Waals surface area contributed by atoms with E-state index in [1.165, 1.54) is 0 Å². The van der Waals surface area contributed by atoms with Crippen molar-refractivity contribution >= 4 is 0 Å². The minimum absolute atomic E-state index is 0.220. The molecular weight excluding hydrogens is 322 g/mol. The Balaban J connectivity index is 1.66. The Morgan fingerprint density at radius 1 is 1.24 bits per heavy atom. The van der Waals surface area contributed by atoms with Gasteiger partial charge in [0.1, 0.15) is 30.7 Å². The molecule has 3 N–H and O–H groups in total. The summed E-state index contributed by atoms with van der Waals surface area (Å²) in [5, 5.41) is 11.5. The number of benzene rings is 1. The predicted octanol–water partition coefficient (Wildman–Crippen LogP) is 1.08. The van der Waals surface area contributed by atoms with Crippen molar-refractivity contribution in [1.82, 2.24) is 29.9 Å². The molecule has 1 aromatic carbocycles. The minimum Gasteiger partial charge on any atom is -0.486 e. The van der Waals surface area contributed by atoms with Gasteiger partial charge in [-0.25, -0.2) is 14.6 Å². The number of aromatic amines is 1. The average molecular weight is 341 g/mol. The van der Waals surface area contributed by atoms with E-state index in [4.69, 9.17) is 15.2 Å². The molecule has 0 saturated heterocycles. The van der Waals surface area contributed by atoms with Crippen LogP contribution in [0.1, 0.15) is 36.3 Å². The van der Waals surface area contributed by atoms with Crippen molar-refractivity contribution in [3.05, 3.63) is 41.5 Å². The predicted molar refractivity (Wildman–Crippen MR) is 88.9 cm³/mol. The Morgan fingerprint density at radius 2 is 2.04 bits per heavy atom. The molecule has 3 aromatic rings. The molecule has 25 heavy (non-hydrogen) atoms. The van der Waals surface area contributed by atoms with Crippen molar-refractivity contribution in [2.24, 2.45) is 5.73 Å². The third-order valence-electron chi connectivity index (χ3n) is 3.83. The monoisotopic (exact) mass is 341 g/mol. The first-order valence-corrected chi connectivity index (χ1v) is 8.09. The second-order valence-electron chi connectivity index (χ2n) is 5.92. The zero-order valence-corrected chi connectivity index (χ0v) is 14.1. The van der Waals surface area contributed by atoms with E-state index < -0.39 is 0 Å². The first-order valence-electron chi connectivity index (χ1n) is 8.09. The van der Waals surface area contributed by atoms with Crippen LogP contribution in [0, 0.1) is 6.92 Å². The highest BCUT2D eigenvalue weighted by Gasteiger charge is 2.17. The van der Waals surface area contributed by atoms with Gasteiger partial charge < -0.3 is 15.2 Å². The lowest BCUT2D eigenvalue weighted by molar-refractivity contribution is 0.171. The molecule has 1 atom stereocenters. The van der Waals surface area contributed by atoms with E-state index in [1.807, 2.05) is 32.0 Å². The summed E-state index contributed by atoms with van der Waals surface area (Å²) in [6.45, 7) is 4.80. The fraction of sp³-hybridized carbons (Fsp3) is 0.375. The summed E-state index contributed by atoms with van der Waals surface area (Å²) in [5.41, 5.74) is 6.66. The van der Waals surface area contributed by atoms with Crippen LogP contribution in [0.2, 0.25) is 0 Å². The van der Waals surface area contributed by atoms with Gasteiger partial charge in [0.25, 0.3) is 0 Å². The van der Waals surface area contributed by atoms with Crippen molar-refractivity contribution < 1.29 is 9.47 Å². The van der Waals surface area contributed by atoms with Crippen molar-refractivity contribution in [3.8, 4) is 17.2 Å². The Hall–Kier alpha value is -2.94. The van der Waals surface area contributed by atoms with E-state index in [0.717, 1.165) is 17.3 Å². The summed E-state index contributed by atoms with van der Waals surface area (Å²) in [6.07, 6.45) is 0.467. The smallest absolute Gasteiger partial charge is 0.167 e. The van der Waals surface area contributed by atoms with Crippen molar-refractivity contribution in [3.63, 3.8) is 0 Å². The highest BCUT2D eigenvalue weighted by Crippen LogP contribution is 2.32. The van der Waals surface area contributed by atoms with E-state index in [1.54, 1.807) is 4.68 Å². The number of rotatable bonds is 4. The van der Waals surface area contributed by atoms with Gasteiger partial charge in [-0.05, 0) is 26.0 Å². The second kappa shape index (κ2) is 6.17. The SMILES string of the molecule is Cc1nc(Cc2nc(C(C)N)n[nH]2)n(-c2ccc3c(c2)OCCO3)n1. The van der Waals surface area contributed by atoms with Gasteiger partial charge in [-0.15, -0.1) is 0 Å². The van der Waals surface area contributed by atoms with Crippen molar-refractivity contribution in [1.29, 1.82) is 0 Å². The summed E-state index contributed by atoms with van der Waals surface area (Å²) in [6, 6.07) is 5.49. The Morgan fingerprint density at radius 3 is 2.80 bits per heavy atom. The highest BCUT2D eigenvalue weighted by atomic mass is 16.6. The molecule has 1 unspecified atom stereocenters. The molecule has 3 heterocycles. The van der Waals surface area contributed by atoms with Gasteiger partial charge in [0.15, 0.2) is 17.3 Å². The van der Waals surface area contributed by atoms with E-state index >= 15 is 0 Å². The van der Waals surface area contributed by atoms with Gasteiger partial charge in [-0.3, -0.25) is 5.10 Å². The lowest BCUT2D eigenvalue weighted by Crippen LogP contribution is -2.15. The highest BCUT2D eigenvalue weighted by molar-refractivity contribution is 5.49. The van der Waals surface area contributed by atoms with Crippen molar-refractivity contribution in [2.75, 3.05) is 13.2 Å². The first kappa shape index (κ1) is 15.6. The third-order valence-corrected chi connectivity index (χ3v) is 3.83. The molecule has 1 aliphatic heterocycles. The summed E-state index contributed by atoms with van der Waals surface area (Å²) >= 11 is 0. The molecule has 130 valence electrons. The normalized spacial score (nSPS) is 14.5. The lowest BCUT2D eigenvalue weighted by Gasteiger charge is -2.19. The molecule has 2 aromatic heterocycles. The van der Waals surface area contributed by atoms with Crippen LogP contribution < -0.4 is 15.2 Å². The molecule has 9 nitrogen and oxygen atoms in total. The fourth-order valence-electron chi connectivity index (χ4n) is 2.69. The number of nitrogens with zero attached hydrogens (tertiary/aromatic N) is 5. The maximum atomic E-state index is 5.81. The first-order chi connectivity index (χ1) is 12.1. The third kappa shape index (κ3) is 3.05. The number of fused-ring (bicyclic) bond motifs is 1. The maximum absolute atomic E-state index is 5.81. The van der Waals surface area contributed by atoms with E-state index in [2.05, 4.69) is 25.3 Å². The van der Waals surface area contributed by atoms with Gasteiger partial charge in [0, 0.05) is 6.07 Å². The van der Waals surface area contributed by atoms with Gasteiger partial charge in [-0.1, -0.05) is 0 Å². The maximum Gasteiger partial charge on any atom is 0.167 e. The van der Waals surface area contributed by atoms with Crippen LogP contribution in [0.5, 0.6) is 11.5 Å². The molecule has 0 radical (unpaired) electrons. The standard InChI is InChI=1S/C16H19N7O2/c1-9(17)16-19-14(20-21-16)8-15-18-10(2)22-23(15)11-3-4-12-13(7-11)25-6-5-24-12/h3-4,7,9H,5-6,8,17H2,1-2H3,(H,19,20,21). The number of aromatic nitrogens is 6. The van der Waals surface area contributed by atoms with Crippen LogP contribution in [-0.4, -0.2) is 43.2 Å². The Bertz CT molecular complexity index is 900. The molecule has 4 rings (SSSR count). The van der Waals surface area contributed by atoms with E-state index in [0.29, 0.717) is 42.9 Å². The molecule has 1 aliphatic rings. The number of nitrogens with two attached hydrogens (primary N) is 1. The Kier molecular flexibility index (Phi) is 3.85. The molecule has 0 amide bonds. The van der Waals surface area contributed by atoms with Crippen LogP contribution >= 0.6 is 0 Å². The van der Waals surface area contributed by atoms with Gasteiger partial charge in [0.2, 0.25) is 0 Å². The van der Waals surface area contributed by atoms with Gasteiger partial charge in [-0.2, -0.15) is 10.2 Å². The molecule has 9 heteroatoms. The zero-order valence-electron chi connectivity index (χ0n) is 14.1. The summed E-state index contributed by atoms with van der Waals surface area (Å²) < 4.78 is 13.0. The summed E-state index contributed by atoms with van der Waals surface area (Å²) in [7, 11) is 0. The number of nitrogens with one attached hydrogen (secondary N) is 1. The van der Waals surface area contributed by atoms with Crippen LogP contribution in [0.4, 0.5) is 0 Å². The largest absolute Gasteiger partial charge is 0.486 e. The van der Waals surface area contributed by atoms with Crippen LogP contribution in [0.3, 0.4) is 0 Å². The number of H-pyrrole nitrogens is 1. The number of ether oxygens (including phenoxy) is 2. The summed E-state index contributed by atoms with van der Waals surface area (Å²) in [4.78, 5) is 8.91. The number of aryl methyl sites for hydroxylation is 1. The summed E-state index contributed by atoms with van der Waals surface area (Å²) in [5.74, 6) is 4.15. The molecule has 0 bridgehead atoms. The van der Waals surface area contributed by atoms with Crippen LogP contribution in [-0.2, 0) is 6.42 Å². The quantitative estimate of drug-likeness (QED) is 0.729. The molecule has 0 saturated carbocycles. The van der Waals surface area contributed by atoms with Gasteiger partial charge >= 0.3 is 0 Å². The topological polar surface area (TPSA) is 117 Å². The zero-order chi connectivity index (χ0) is 17.4. The van der Waals surface area contributed by atoms with Crippen LogP contribution in [0.15, 0.2) is 18.2 Å². The molecule has 0 spiro atoms. The number of hydrogen-bond acceptors (Lipinski definition) is 7. The van der Waals surface area contributed by atoms with Crippen molar-refractivity contribution in [2.45, 2.75) is 26.3 Å². The molecule has 0 fully saturated rings. The second-order valence-corrected chi connectivity index (χ2v) is 5.92. The molecule has 0 aliphatic carbocycles. The van der Waals surface area contributed by atoms with Gasteiger partial charge in [0.05, 0.1) is 18.2 Å². The fourth-order valence-corrected chi connectivity index (χ4v) is 2.69. The number of hydrogen-bond donors (Lipinski definition) is 2. The average Bonchev–Trinajstić information content (AvgIpc) is 3.21. The minimum atomic E-state index is -0.220. The molecular formula is C16H19N7O2.